The molecule has 3 rings (SSSR count). The summed E-state index contributed by atoms with van der Waals surface area (Å²) in [5.41, 5.74) is 2.68. The number of imidazole rings is 1. The lowest BCUT2D eigenvalue weighted by Gasteiger charge is -1.99. The molecular formula is C14H13N3O2. The van der Waals surface area contributed by atoms with Crippen LogP contribution in [0.4, 0.5) is 0 Å². The number of pyridine rings is 2. The normalized spacial score (nSPS) is 10.6. The molecule has 96 valence electrons. The summed E-state index contributed by atoms with van der Waals surface area (Å²) in [5.74, 6) is 1.39. The fourth-order valence-electron chi connectivity index (χ4n) is 1.88. The van der Waals surface area contributed by atoms with E-state index in [-0.39, 0.29) is 0 Å². The van der Waals surface area contributed by atoms with Crippen molar-refractivity contribution in [2.24, 2.45) is 0 Å². The van der Waals surface area contributed by atoms with Gasteiger partial charge in [-0.25, -0.2) is 9.97 Å². The molecule has 5 heteroatoms. The van der Waals surface area contributed by atoms with E-state index in [1.165, 1.54) is 0 Å². The maximum Gasteiger partial charge on any atom is 0.212 e. The molecule has 0 atom stereocenters. The predicted molar refractivity (Wildman–Crippen MR) is 71.5 cm³/mol. The van der Waals surface area contributed by atoms with Gasteiger partial charge in [0.25, 0.3) is 0 Å². The maximum atomic E-state index is 5.19. The highest BCUT2D eigenvalue weighted by molar-refractivity contribution is 5.62. The number of ether oxygens (including phenoxy) is 2. The van der Waals surface area contributed by atoms with Crippen molar-refractivity contribution in [1.82, 2.24) is 14.4 Å². The highest BCUT2D eigenvalue weighted by Gasteiger charge is 2.06. The van der Waals surface area contributed by atoms with E-state index in [1.807, 2.05) is 41.1 Å². The van der Waals surface area contributed by atoms with Gasteiger partial charge < -0.3 is 13.9 Å². The van der Waals surface area contributed by atoms with Crippen LogP contribution in [0.15, 0.2) is 42.9 Å². The third kappa shape index (κ3) is 2.10. The van der Waals surface area contributed by atoms with Crippen LogP contribution in [-0.2, 0) is 0 Å². The Bertz CT molecular complexity index is 704. The number of hydrogen-bond acceptors (Lipinski definition) is 4. The molecule has 0 bridgehead atoms. The Balaban J connectivity index is 2.04. The molecule has 0 aliphatic rings. The van der Waals surface area contributed by atoms with E-state index in [0.29, 0.717) is 5.88 Å². The summed E-state index contributed by atoms with van der Waals surface area (Å²) in [4.78, 5) is 8.72. The van der Waals surface area contributed by atoms with Gasteiger partial charge in [-0.1, -0.05) is 0 Å². The summed E-state index contributed by atoms with van der Waals surface area (Å²) >= 11 is 0. The van der Waals surface area contributed by atoms with Crippen LogP contribution in [-0.4, -0.2) is 28.6 Å². The topological polar surface area (TPSA) is 48.7 Å². The smallest absolute Gasteiger partial charge is 0.212 e. The van der Waals surface area contributed by atoms with Gasteiger partial charge >= 0.3 is 0 Å². The van der Waals surface area contributed by atoms with Crippen LogP contribution in [0.5, 0.6) is 11.6 Å². The van der Waals surface area contributed by atoms with Gasteiger partial charge in [0.15, 0.2) is 0 Å². The Hall–Kier alpha value is -2.56. The van der Waals surface area contributed by atoms with Gasteiger partial charge in [-0.2, -0.15) is 0 Å². The van der Waals surface area contributed by atoms with Crippen molar-refractivity contribution < 1.29 is 9.47 Å². The zero-order chi connectivity index (χ0) is 13.2. The summed E-state index contributed by atoms with van der Waals surface area (Å²) in [6.07, 6.45) is 5.59. The molecule has 19 heavy (non-hydrogen) atoms. The number of hydrogen-bond donors (Lipinski definition) is 0. The van der Waals surface area contributed by atoms with E-state index in [2.05, 4.69) is 9.97 Å². The zero-order valence-electron chi connectivity index (χ0n) is 10.7. The Morgan fingerprint density at radius 3 is 2.58 bits per heavy atom. The van der Waals surface area contributed by atoms with E-state index in [0.717, 1.165) is 22.7 Å². The minimum absolute atomic E-state index is 0.592. The molecule has 0 aliphatic heterocycles. The average molecular weight is 255 g/mol. The van der Waals surface area contributed by atoms with E-state index < -0.39 is 0 Å². The molecule has 3 heterocycles. The maximum absolute atomic E-state index is 5.19. The monoisotopic (exact) mass is 255 g/mol. The van der Waals surface area contributed by atoms with Gasteiger partial charge in [0.2, 0.25) is 5.88 Å². The minimum atomic E-state index is 0.592. The largest absolute Gasteiger partial charge is 0.495 e. The van der Waals surface area contributed by atoms with Crippen molar-refractivity contribution in [3.8, 4) is 22.9 Å². The van der Waals surface area contributed by atoms with Gasteiger partial charge in [-0.3, -0.25) is 0 Å². The van der Waals surface area contributed by atoms with Gasteiger partial charge in [0.1, 0.15) is 11.4 Å². The van der Waals surface area contributed by atoms with Crippen LogP contribution in [0, 0.1) is 0 Å². The second-order valence-corrected chi connectivity index (χ2v) is 4.05. The van der Waals surface area contributed by atoms with Gasteiger partial charge in [-0.15, -0.1) is 0 Å². The van der Waals surface area contributed by atoms with E-state index in [4.69, 9.17) is 9.47 Å². The molecular weight excluding hydrogens is 242 g/mol. The highest BCUT2D eigenvalue weighted by Crippen LogP contribution is 2.21. The molecule has 5 nitrogen and oxygen atoms in total. The van der Waals surface area contributed by atoms with Crippen LogP contribution in [0.3, 0.4) is 0 Å². The van der Waals surface area contributed by atoms with Crippen LogP contribution in [0.25, 0.3) is 16.9 Å². The second-order valence-electron chi connectivity index (χ2n) is 4.05. The lowest BCUT2D eigenvalue weighted by molar-refractivity contribution is 0.398. The lowest BCUT2D eigenvalue weighted by atomic mass is 10.2. The van der Waals surface area contributed by atoms with Crippen molar-refractivity contribution in [3.05, 3.63) is 42.9 Å². The molecule has 0 fully saturated rings. The molecule has 3 aromatic heterocycles. The molecule has 0 spiro atoms. The Morgan fingerprint density at radius 2 is 1.89 bits per heavy atom. The van der Waals surface area contributed by atoms with Crippen molar-refractivity contribution in [2.45, 2.75) is 0 Å². The molecule has 0 saturated heterocycles. The number of nitrogens with zero attached hydrogens (tertiary/aromatic N) is 3. The molecule has 0 saturated carbocycles. The highest BCUT2D eigenvalue weighted by atomic mass is 16.5. The fraction of sp³-hybridized carbons (Fsp3) is 0.143. The first-order chi connectivity index (χ1) is 9.30. The van der Waals surface area contributed by atoms with Crippen LogP contribution >= 0.6 is 0 Å². The molecule has 0 aliphatic carbocycles. The third-order valence-corrected chi connectivity index (χ3v) is 2.90. The van der Waals surface area contributed by atoms with E-state index in [9.17, 15) is 0 Å². The Morgan fingerprint density at radius 1 is 1.00 bits per heavy atom. The first-order valence-corrected chi connectivity index (χ1v) is 5.83. The quantitative estimate of drug-likeness (QED) is 0.721. The Kier molecular flexibility index (Phi) is 2.79. The number of aromatic nitrogens is 3. The molecule has 0 unspecified atom stereocenters. The van der Waals surface area contributed by atoms with Gasteiger partial charge in [-0.05, 0) is 18.2 Å². The minimum Gasteiger partial charge on any atom is -0.495 e. The van der Waals surface area contributed by atoms with Crippen LogP contribution < -0.4 is 9.47 Å². The number of rotatable bonds is 3. The van der Waals surface area contributed by atoms with E-state index in [1.54, 1.807) is 20.4 Å². The first-order valence-electron chi connectivity index (χ1n) is 5.83. The first kappa shape index (κ1) is 11.5. The zero-order valence-corrected chi connectivity index (χ0v) is 10.7. The predicted octanol–water partition coefficient (Wildman–Crippen LogP) is 2.41. The molecule has 0 amide bonds. The average Bonchev–Trinajstić information content (AvgIpc) is 2.90. The number of fused-ring (bicyclic) bond motifs is 1. The molecule has 0 N–H and O–H groups in total. The van der Waals surface area contributed by atoms with Crippen LogP contribution in [0.2, 0.25) is 0 Å². The van der Waals surface area contributed by atoms with E-state index >= 15 is 0 Å². The summed E-state index contributed by atoms with van der Waals surface area (Å²) < 4.78 is 12.2. The fourth-order valence-corrected chi connectivity index (χ4v) is 1.88. The standard InChI is InChI=1S/C14H13N3O2/c1-18-11-4-5-13-16-12(9-17(13)8-11)10-3-6-14(19-2)15-7-10/h3-9H,1-2H3. The molecule has 0 radical (unpaired) electrons. The SMILES string of the molecule is COc1ccc2nc(-c3ccc(OC)nc3)cn2c1. The summed E-state index contributed by atoms with van der Waals surface area (Å²) in [5, 5.41) is 0. The van der Waals surface area contributed by atoms with Crippen molar-refractivity contribution in [1.29, 1.82) is 0 Å². The third-order valence-electron chi connectivity index (χ3n) is 2.90. The molecule has 3 aromatic rings. The van der Waals surface area contributed by atoms with Gasteiger partial charge in [0.05, 0.1) is 26.1 Å². The summed E-state index contributed by atoms with van der Waals surface area (Å²) in [6, 6.07) is 7.56. The van der Waals surface area contributed by atoms with Crippen molar-refractivity contribution >= 4 is 5.65 Å². The lowest BCUT2D eigenvalue weighted by Crippen LogP contribution is -1.87. The molecule has 0 aromatic carbocycles. The summed E-state index contributed by atoms with van der Waals surface area (Å²) in [6.45, 7) is 0. The van der Waals surface area contributed by atoms with Crippen molar-refractivity contribution in [2.75, 3.05) is 14.2 Å². The van der Waals surface area contributed by atoms with Crippen LogP contribution in [0.1, 0.15) is 0 Å². The number of methoxy groups -OCH3 is 2. The Labute approximate surface area is 110 Å². The summed E-state index contributed by atoms with van der Waals surface area (Å²) in [7, 11) is 3.24. The van der Waals surface area contributed by atoms with Crippen molar-refractivity contribution in [3.63, 3.8) is 0 Å². The van der Waals surface area contributed by atoms with Gasteiger partial charge in [0, 0.05) is 24.0 Å². The second kappa shape index (κ2) is 4.61.